The van der Waals surface area contributed by atoms with E-state index in [9.17, 15) is 9.59 Å². The molecule has 0 aliphatic carbocycles. The van der Waals surface area contributed by atoms with Gasteiger partial charge in [0.2, 0.25) is 0 Å². The number of methoxy groups -OCH3 is 2. The number of hydrogen-bond donors (Lipinski definition) is 0. The van der Waals surface area contributed by atoms with Gasteiger partial charge in [0.05, 0.1) is 24.7 Å². The lowest BCUT2D eigenvalue weighted by Crippen LogP contribution is -2.54. The molecule has 0 saturated carbocycles. The Morgan fingerprint density at radius 1 is 0.969 bits per heavy atom. The van der Waals surface area contributed by atoms with Gasteiger partial charge in [-0.15, -0.1) is 11.8 Å². The molecule has 32 heavy (non-hydrogen) atoms. The van der Waals surface area contributed by atoms with E-state index in [4.69, 9.17) is 14.2 Å². The summed E-state index contributed by atoms with van der Waals surface area (Å²) in [6, 6.07) is 14.6. The standard InChI is InChI=1S/C24H28N2O5S/c1-29-19-8-9-20(21(16-19)30-2)23(28)25-12-10-24(11-13-25)26(14-15-32-24)22(27)17-31-18-6-4-3-5-7-18/h3-9,16H,10-15,17H2,1-2H3. The third-order valence-corrected chi connectivity index (χ3v) is 7.61. The molecule has 0 atom stereocenters. The van der Waals surface area contributed by atoms with Gasteiger partial charge in [-0.2, -0.15) is 0 Å². The maximum absolute atomic E-state index is 13.2. The monoisotopic (exact) mass is 456 g/mol. The van der Waals surface area contributed by atoms with Gasteiger partial charge in [0.15, 0.2) is 6.61 Å². The van der Waals surface area contributed by atoms with Crippen molar-refractivity contribution in [2.45, 2.75) is 17.7 Å². The number of benzene rings is 2. The fourth-order valence-corrected chi connectivity index (χ4v) is 5.79. The van der Waals surface area contributed by atoms with Crippen molar-refractivity contribution in [3.8, 4) is 17.2 Å². The highest BCUT2D eigenvalue weighted by Crippen LogP contribution is 2.44. The van der Waals surface area contributed by atoms with Gasteiger partial charge in [-0.25, -0.2) is 0 Å². The SMILES string of the molecule is COc1ccc(C(=O)N2CCC3(CC2)SCCN3C(=O)COc2ccccc2)c(OC)c1. The Kier molecular flexibility index (Phi) is 6.79. The zero-order valence-corrected chi connectivity index (χ0v) is 19.2. The molecule has 0 bridgehead atoms. The molecule has 2 aromatic carbocycles. The quantitative estimate of drug-likeness (QED) is 0.665. The number of rotatable bonds is 6. The first kappa shape index (κ1) is 22.3. The molecule has 0 unspecified atom stereocenters. The predicted molar refractivity (Wildman–Crippen MR) is 124 cm³/mol. The van der Waals surface area contributed by atoms with Gasteiger partial charge in [0, 0.05) is 31.5 Å². The Morgan fingerprint density at radius 2 is 1.72 bits per heavy atom. The van der Waals surface area contributed by atoms with Gasteiger partial charge in [-0.1, -0.05) is 18.2 Å². The van der Waals surface area contributed by atoms with E-state index < -0.39 is 0 Å². The van der Waals surface area contributed by atoms with E-state index in [0.717, 1.165) is 18.6 Å². The molecule has 0 radical (unpaired) electrons. The summed E-state index contributed by atoms with van der Waals surface area (Å²) in [6.07, 6.45) is 1.47. The Hall–Kier alpha value is -2.87. The summed E-state index contributed by atoms with van der Waals surface area (Å²) in [5.41, 5.74) is 0.521. The molecule has 2 amide bonds. The summed E-state index contributed by atoms with van der Waals surface area (Å²) in [5, 5.41) is 0. The third-order valence-electron chi connectivity index (χ3n) is 6.06. The molecule has 0 N–H and O–H groups in total. The molecule has 170 valence electrons. The highest BCUT2D eigenvalue weighted by atomic mass is 32.2. The zero-order chi connectivity index (χ0) is 22.6. The number of hydrogen-bond acceptors (Lipinski definition) is 6. The number of piperidine rings is 1. The highest BCUT2D eigenvalue weighted by molar-refractivity contribution is 8.00. The summed E-state index contributed by atoms with van der Waals surface area (Å²) in [5.74, 6) is 2.67. The number of thioether (sulfide) groups is 1. The molecule has 4 rings (SSSR count). The van der Waals surface area contributed by atoms with Crippen LogP contribution in [0.25, 0.3) is 0 Å². The van der Waals surface area contributed by atoms with E-state index in [0.29, 0.717) is 42.4 Å². The second-order valence-electron chi connectivity index (χ2n) is 7.80. The van der Waals surface area contributed by atoms with Crippen molar-refractivity contribution in [1.29, 1.82) is 0 Å². The van der Waals surface area contributed by atoms with Crippen LogP contribution in [-0.4, -0.2) is 72.7 Å². The lowest BCUT2D eigenvalue weighted by atomic mass is 10.0. The number of ether oxygens (including phenoxy) is 3. The first-order valence-electron chi connectivity index (χ1n) is 10.7. The van der Waals surface area contributed by atoms with Crippen LogP contribution in [0.4, 0.5) is 0 Å². The minimum atomic E-state index is -0.266. The normalized spacial score (nSPS) is 17.3. The second kappa shape index (κ2) is 9.73. The van der Waals surface area contributed by atoms with E-state index in [2.05, 4.69) is 0 Å². The first-order valence-corrected chi connectivity index (χ1v) is 11.7. The maximum Gasteiger partial charge on any atom is 0.261 e. The van der Waals surface area contributed by atoms with Crippen molar-refractivity contribution in [1.82, 2.24) is 9.80 Å². The minimum Gasteiger partial charge on any atom is -0.497 e. The Labute approximate surface area is 192 Å². The van der Waals surface area contributed by atoms with Crippen LogP contribution < -0.4 is 14.2 Å². The Balaban J connectivity index is 1.39. The summed E-state index contributed by atoms with van der Waals surface area (Å²) in [4.78, 5) is 29.6. The molecular weight excluding hydrogens is 428 g/mol. The molecule has 1 spiro atoms. The number of nitrogens with zero attached hydrogens (tertiary/aromatic N) is 2. The van der Waals surface area contributed by atoms with Gasteiger partial charge in [0.1, 0.15) is 17.2 Å². The number of amides is 2. The second-order valence-corrected chi connectivity index (χ2v) is 9.26. The lowest BCUT2D eigenvalue weighted by molar-refractivity contribution is -0.136. The zero-order valence-electron chi connectivity index (χ0n) is 18.4. The van der Waals surface area contributed by atoms with Gasteiger partial charge in [-0.3, -0.25) is 9.59 Å². The topological polar surface area (TPSA) is 68.3 Å². The van der Waals surface area contributed by atoms with Crippen molar-refractivity contribution in [2.75, 3.05) is 46.2 Å². The Bertz CT molecular complexity index is 960. The summed E-state index contributed by atoms with van der Waals surface area (Å²) in [7, 11) is 3.13. The smallest absolute Gasteiger partial charge is 0.261 e. The van der Waals surface area contributed by atoms with E-state index in [1.165, 1.54) is 0 Å². The number of carbonyl (C=O) groups is 2. The third kappa shape index (κ3) is 4.50. The Morgan fingerprint density at radius 3 is 2.41 bits per heavy atom. The van der Waals surface area contributed by atoms with E-state index in [1.54, 1.807) is 32.4 Å². The average molecular weight is 457 g/mol. The molecule has 2 fully saturated rings. The highest BCUT2D eigenvalue weighted by Gasteiger charge is 2.47. The van der Waals surface area contributed by atoms with Crippen LogP contribution in [0.2, 0.25) is 0 Å². The van der Waals surface area contributed by atoms with Crippen molar-refractivity contribution < 1.29 is 23.8 Å². The van der Waals surface area contributed by atoms with Crippen LogP contribution in [0.1, 0.15) is 23.2 Å². The first-order chi connectivity index (χ1) is 15.6. The molecule has 2 aromatic rings. The van der Waals surface area contributed by atoms with E-state index in [-0.39, 0.29) is 23.3 Å². The van der Waals surface area contributed by atoms with Crippen molar-refractivity contribution in [3.63, 3.8) is 0 Å². The largest absolute Gasteiger partial charge is 0.497 e. The van der Waals surface area contributed by atoms with Crippen LogP contribution in [0.15, 0.2) is 48.5 Å². The molecule has 8 heteroatoms. The van der Waals surface area contributed by atoms with E-state index in [1.807, 2.05) is 51.9 Å². The van der Waals surface area contributed by atoms with Crippen LogP contribution in [0, 0.1) is 0 Å². The van der Waals surface area contributed by atoms with Crippen LogP contribution in [0.5, 0.6) is 17.2 Å². The molecule has 2 heterocycles. The number of para-hydroxylation sites is 1. The molecule has 2 aliphatic rings. The van der Waals surface area contributed by atoms with Crippen molar-refractivity contribution in [3.05, 3.63) is 54.1 Å². The van der Waals surface area contributed by atoms with Crippen LogP contribution in [-0.2, 0) is 4.79 Å². The van der Waals surface area contributed by atoms with Crippen LogP contribution >= 0.6 is 11.8 Å². The molecule has 2 aliphatic heterocycles. The van der Waals surface area contributed by atoms with Gasteiger partial charge >= 0.3 is 0 Å². The van der Waals surface area contributed by atoms with Gasteiger partial charge < -0.3 is 24.0 Å². The predicted octanol–water partition coefficient (Wildman–Crippen LogP) is 3.29. The van der Waals surface area contributed by atoms with Crippen LogP contribution in [0.3, 0.4) is 0 Å². The van der Waals surface area contributed by atoms with Crippen molar-refractivity contribution in [2.24, 2.45) is 0 Å². The van der Waals surface area contributed by atoms with Crippen molar-refractivity contribution >= 4 is 23.6 Å². The van der Waals surface area contributed by atoms with E-state index >= 15 is 0 Å². The maximum atomic E-state index is 13.2. The fraction of sp³-hybridized carbons (Fsp3) is 0.417. The summed E-state index contributed by atoms with van der Waals surface area (Å²) < 4.78 is 16.3. The summed E-state index contributed by atoms with van der Waals surface area (Å²) in [6.45, 7) is 1.91. The van der Waals surface area contributed by atoms with Gasteiger partial charge in [0.25, 0.3) is 11.8 Å². The number of likely N-dealkylation sites (tertiary alicyclic amines) is 1. The molecule has 2 saturated heterocycles. The number of carbonyl (C=O) groups excluding carboxylic acids is 2. The van der Waals surface area contributed by atoms with Gasteiger partial charge in [-0.05, 0) is 37.1 Å². The molecule has 0 aromatic heterocycles. The summed E-state index contributed by atoms with van der Waals surface area (Å²) >= 11 is 1.82. The average Bonchev–Trinajstić information content (AvgIpc) is 3.25. The minimum absolute atomic E-state index is 0.00421. The molecule has 7 nitrogen and oxygen atoms in total. The molecular formula is C24H28N2O5S. The lowest BCUT2D eigenvalue weighted by Gasteiger charge is -2.44. The fourth-order valence-electron chi connectivity index (χ4n) is 4.32.